The molecule has 0 amide bonds. The monoisotopic (exact) mass is 446 g/mol. The van der Waals surface area contributed by atoms with Crippen molar-refractivity contribution < 1.29 is 14.6 Å². The van der Waals surface area contributed by atoms with E-state index in [1.165, 1.54) is 57.8 Å². The first-order chi connectivity index (χ1) is 15.1. The summed E-state index contributed by atoms with van der Waals surface area (Å²) in [5.41, 5.74) is 0.531. The largest absolute Gasteiger partial charge is 0.462 e. The zero-order valence-electron chi connectivity index (χ0n) is 21.7. The fourth-order valence-electron chi connectivity index (χ4n) is 9.67. The molecule has 4 rings (SSSR count). The Balaban J connectivity index is 1.52. The first-order valence-corrected chi connectivity index (χ1v) is 13.9. The molecule has 0 heterocycles. The average molecular weight is 447 g/mol. The number of hydrogen-bond acceptors (Lipinski definition) is 3. The topological polar surface area (TPSA) is 46.5 Å². The van der Waals surface area contributed by atoms with Crippen molar-refractivity contribution in [1.82, 2.24) is 0 Å². The van der Waals surface area contributed by atoms with Crippen LogP contribution in [0.15, 0.2) is 0 Å². The maximum atomic E-state index is 12.0. The number of carbonyl (C=O) groups is 1. The summed E-state index contributed by atoms with van der Waals surface area (Å²) in [6.07, 6.45) is 13.2. The van der Waals surface area contributed by atoms with E-state index >= 15 is 0 Å². The van der Waals surface area contributed by atoms with Crippen LogP contribution in [-0.2, 0) is 9.53 Å². The maximum Gasteiger partial charge on any atom is 0.302 e. The van der Waals surface area contributed by atoms with E-state index < -0.39 is 0 Å². The van der Waals surface area contributed by atoms with Crippen LogP contribution in [0.3, 0.4) is 0 Å². The van der Waals surface area contributed by atoms with Gasteiger partial charge in [0.2, 0.25) is 0 Å². The molecule has 32 heavy (non-hydrogen) atoms. The molecule has 0 aromatic carbocycles. The molecule has 0 spiro atoms. The summed E-state index contributed by atoms with van der Waals surface area (Å²) in [5.74, 6) is 5.11. The molecule has 0 aromatic rings. The second-order valence-corrected chi connectivity index (χ2v) is 13.3. The highest BCUT2D eigenvalue weighted by Gasteiger charge is 2.63. The molecule has 0 saturated heterocycles. The van der Waals surface area contributed by atoms with Crippen molar-refractivity contribution in [2.45, 2.75) is 124 Å². The van der Waals surface area contributed by atoms with E-state index in [0.29, 0.717) is 23.7 Å². The van der Waals surface area contributed by atoms with Crippen molar-refractivity contribution in [2.75, 3.05) is 0 Å². The van der Waals surface area contributed by atoms with Crippen molar-refractivity contribution in [2.24, 2.45) is 52.3 Å². The van der Waals surface area contributed by atoms with Gasteiger partial charge >= 0.3 is 5.97 Å². The van der Waals surface area contributed by atoms with Gasteiger partial charge in [0.25, 0.3) is 0 Å². The Labute approximate surface area is 197 Å². The molecule has 10 atom stereocenters. The summed E-state index contributed by atoms with van der Waals surface area (Å²) in [5, 5.41) is 10.5. The summed E-state index contributed by atoms with van der Waals surface area (Å²) in [4.78, 5) is 12.0. The van der Waals surface area contributed by atoms with E-state index in [9.17, 15) is 9.90 Å². The molecule has 4 aliphatic carbocycles. The van der Waals surface area contributed by atoms with E-state index in [2.05, 4.69) is 34.6 Å². The molecule has 4 saturated carbocycles. The Morgan fingerprint density at radius 2 is 1.75 bits per heavy atom. The third-order valence-corrected chi connectivity index (χ3v) is 11.2. The van der Waals surface area contributed by atoms with Gasteiger partial charge in [-0.15, -0.1) is 0 Å². The lowest BCUT2D eigenvalue weighted by Gasteiger charge is -2.62. The molecule has 3 heteroatoms. The lowest BCUT2D eigenvalue weighted by molar-refractivity contribution is -0.201. The van der Waals surface area contributed by atoms with Crippen LogP contribution in [0.5, 0.6) is 0 Å². The predicted molar refractivity (Wildman–Crippen MR) is 130 cm³/mol. The standard InChI is InChI=1S/C29H50O3/c1-18(2)8-7-9-19(3)24-12-13-25-23-11-10-21-16-22(31)17-27(32-20(4)30)29(21,6)26(23)14-15-28(24,25)5/h18-19,21-27,31H,7-17H2,1-6H3/t19-,21-,22+,23-,24-,25+,26+,27?,28-,29+/m1/s1. The maximum absolute atomic E-state index is 12.0. The van der Waals surface area contributed by atoms with Gasteiger partial charge in [-0.05, 0) is 91.8 Å². The van der Waals surface area contributed by atoms with Crippen molar-refractivity contribution in [3.8, 4) is 0 Å². The Kier molecular flexibility index (Phi) is 7.08. The van der Waals surface area contributed by atoms with Crippen LogP contribution in [0, 0.1) is 52.3 Å². The Morgan fingerprint density at radius 1 is 1.00 bits per heavy atom. The van der Waals surface area contributed by atoms with E-state index in [-0.39, 0.29) is 23.6 Å². The summed E-state index contributed by atoms with van der Waals surface area (Å²) in [7, 11) is 0. The molecule has 0 bridgehead atoms. The van der Waals surface area contributed by atoms with Crippen LogP contribution in [0.4, 0.5) is 0 Å². The minimum absolute atomic E-state index is 0.0378. The lowest BCUT2D eigenvalue weighted by atomic mass is 9.43. The van der Waals surface area contributed by atoms with Gasteiger partial charge in [-0.2, -0.15) is 0 Å². The molecule has 3 nitrogen and oxygen atoms in total. The highest BCUT2D eigenvalue weighted by atomic mass is 16.5. The van der Waals surface area contributed by atoms with Gasteiger partial charge in [-0.3, -0.25) is 4.79 Å². The fraction of sp³-hybridized carbons (Fsp3) is 0.966. The fourth-order valence-corrected chi connectivity index (χ4v) is 9.67. The Hall–Kier alpha value is -0.570. The first-order valence-electron chi connectivity index (χ1n) is 13.9. The van der Waals surface area contributed by atoms with E-state index in [1.54, 1.807) is 6.92 Å². The van der Waals surface area contributed by atoms with Gasteiger partial charge < -0.3 is 9.84 Å². The molecular weight excluding hydrogens is 396 g/mol. The Bertz CT molecular complexity index is 673. The van der Waals surface area contributed by atoms with Crippen LogP contribution in [0.1, 0.15) is 112 Å². The number of fused-ring (bicyclic) bond motifs is 5. The highest BCUT2D eigenvalue weighted by molar-refractivity contribution is 5.66. The van der Waals surface area contributed by atoms with Gasteiger partial charge in [-0.1, -0.05) is 53.9 Å². The highest BCUT2D eigenvalue weighted by Crippen LogP contribution is 2.68. The van der Waals surface area contributed by atoms with Crippen molar-refractivity contribution >= 4 is 5.97 Å². The quantitative estimate of drug-likeness (QED) is 0.446. The number of rotatable bonds is 6. The minimum atomic E-state index is -0.314. The number of hydrogen-bond donors (Lipinski definition) is 1. The number of aliphatic hydroxyl groups excluding tert-OH is 1. The van der Waals surface area contributed by atoms with Gasteiger partial charge in [0.15, 0.2) is 0 Å². The minimum Gasteiger partial charge on any atom is -0.462 e. The Morgan fingerprint density at radius 3 is 2.44 bits per heavy atom. The molecule has 1 unspecified atom stereocenters. The van der Waals surface area contributed by atoms with Gasteiger partial charge in [0.1, 0.15) is 6.10 Å². The van der Waals surface area contributed by atoms with Gasteiger partial charge in [0, 0.05) is 18.8 Å². The summed E-state index contributed by atoms with van der Waals surface area (Å²) in [6.45, 7) is 13.9. The van der Waals surface area contributed by atoms with Gasteiger partial charge in [-0.25, -0.2) is 0 Å². The first kappa shape index (κ1) is 24.6. The molecule has 4 aliphatic rings. The number of esters is 1. The van der Waals surface area contributed by atoms with Crippen molar-refractivity contribution in [3.05, 3.63) is 0 Å². The number of ether oxygens (including phenoxy) is 1. The summed E-state index contributed by atoms with van der Waals surface area (Å²) < 4.78 is 5.94. The van der Waals surface area contributed by atoms with Crippen molar-refractivity contribution in [3.63, 3.8) is 0 Å². The second-order valence-electron chi connectivity index (χ2n) is 13.3. The van der Waals surface area contributed by atoms with Crippen LogP contribution < -0.4 is 0 Å². The van der Waals surface area contributed by atoms with Crippen LogP contribution in [0.2, 0.25) is 0 Å². The van der Waals surface area contributed by atoms with Crippen LogP contribution in [0.25, 0.3) is 0 Å². The molecule has 184 valence electrons. The van der Waals surface area contributed by atoms with E-state index in [0.717, 1.165) is 36.0 Å². The van der Waals surface area contributed by atoms with Gasteiger partial charge in [0.05, 0.1) is 6.10 Å². The summed E-state index contributed by atoms with van der Waals surface area (Å²) >= 11 is 0. The average Bonchev–Trinajstić information content (AvgIpc) is 3.05. The van der Waals surface area contributed by atoms with E-state index in [4.69, 9.17) is 4.74 Å². The SMILES string of the molecule is CC(=O)OC1C[C@@H](O)C[C@H]2CC[C@@H]3[C@@H]4CC[C@H]([C@H](C)CCCC(C)C)[C@@]4(C)CC[C@@H]3[C@@]12C. The number of aliphatic hydroxyl groups is 1. The third kappa shape index (κ3) is 4.18. The normalized spacial score (nSPS) is 46.8. The molecule has 4 fully saturated rings. The van der Waals surface area contributed by atoms with Crippen LogP contribution >= 0.6 is 0 Å². The zero-order chi connectivity index (χ0) is 23.3. The molecule has 1 N–H and O–H groups in total. The molecular formula is C29H50O3. The lowest BCUT2D eigenvalue weighted by Crippen LogP contribution is -2.60. The molecule has 0 aliphatic heterocycles. The molecule has 0 radical (unpaired) electrons. The van der Waals surface area contributed by atoms with E-state index in [1.807, 2.05) is 0 Å². The zero-order valence-corrected chi connectivity index (χ0v) is 21.7. The summed E-state index contributed by atoms with van der Waals surface area (Å²) in [6, 6.07) is 0. The second kappa shape index (κ2) is 9.23. The van der Waals surface area contributed by atoms with Crippen molar-refractivity contribution in [1.29, 1.82) is 0 Å². The predicted octanol–water partition coefficient (Wildman–Crippen LogP) is 7.01. The third-order valence-electron chi connectivity index (χ3n) is 11.2. The molecule has 0 aromatic heterocycles. The van der Waals surface area contributed by atoms with Crippen LogP contribution in [-0.4, -0.2) is 23.3 Å². The smallest absolute Gasteiger partial charge is 0.302 e. The number of carbonyl (C=O) groups excluding carboxylic acids is 1.